The van der Waals surface area contributed by atoms with Crippen LogP contribution in [-0.2, 0) is 4.79 Å². The van der Waals surface area contributed by atoms with Crippen LogP contribution in [0.3, 0.4) is 0 Å². The molecule has 1 aromatic carbocycles. The van der Waals surface area contributed by atoms with Crippen LogP contribution in [0, 0.1) is 0 Å². The zero-order valence-electron chi connectivity index (χ0n) is 13.9. The molecule has 23 heavy (non-hydrogen) atoms. The smallest absolute Gasteiger partial charge is 0.254 e. The number of hydrogen-bond donors (Lipinski definition) is 1. The molecule has 0 radical (unpaired) electrons. The van der Waals surface area contributed by atoms with Crippen LogP contribution < -0.4 is 14.9 Å². The van der Waals surface area contributed by atoms with Gasteiger partial charge in [-0.2, -0.15) is 5.10 Å². The number of methoxy groups -OCH3 is 2. The third kappa shape index (κ3) is 5.54. The average molecular weight is 320 g/mol. The van der Waals surface area contributed by atoms with Crippen molar-refractivity contribution in [2.75, 3.05) is 54.0 Å². The van der Waals surface area contributed by atoms with Crippen molar-refractivity contribution in [1.82, 2.24) is 15.2 Å². The molecule has 2 rings (SSSR count). The van der Waals surface area contributed by atoms with E-state index in [1.807, 2.05) is 12.1 Å². The Kier molecular flexibility index (Phi) is 6.37. The lowest BCUT2D eigenvalue weighted by atomic mass is 10.2. The highest BCUT2D eigenvalue weighted by molar-refractivity contribution is 5.84. The first-order chi connectivity index (χ1) is 11.1. The Morgan fingerprint density at radius 1 is 1.17 bits per heavy atom. The maximum Gasteiger partial charge on any atom is 0.254 e. The Bertz CT molecular complexity index is 532. The zero-order chi connectivity index (χ0) is 16.7. The summed E-state index contributed by atoms with van der Waals surface area (Å²) >= 11 is 0. The quantitative estimate of drug-likeness (QED) is 0.607. The molecule has 1 amide bonds. The monoisotopic (exact) mass is 320 g/mol. The van der Waals surface area contributed by atoms with E-state index < -0.39 is 0 Å². The van der Waals surface area contributed by atoms with Crippen LogP contribution in [0.4, 0.5) is 0 Å². The lowest BCUT2D eigenvalue weighted by Gasteiger charge is -2.31. The van der Waals surface area contributed by atoms with Gasteiger partial charge in [0.15, 0.2) is 0 Å². The van der Waals surface area contributed by atoms with Gasteiger partial charge in [-0.05, 0) is 19.2 Å². The molecule has 1 fully saturated rings. The molecule has 1 aliphatic heterocycles. The molecular formula is C16H24N4O3. The van der Waals surface area contributed by atoms with E-state index in [0.29, 0.717) is 18.0 Å². The summed E-state index contributed by atoms with van der Waals surface area (Å²) in [6.45, 7) is 4.15. The topological polar surface area (TPSA) is 66.4 Å². The number of benzene rings is 1. The molecule has 0 aromatic heterocycles. The molecule has 1 aliphatic rings. The van der Waals surface area contributed by atoms with Crippen molar-refractivity contribution in [2.45, 2.75) is 0 Å². The first-order valence-electron chi connectivity index (χ1n) is 7.56. The number of likely N-dealkylation sites (N-methyl/N-ethyl adjacent to an activating group) is 1. The number of ether oxygens (including phenoxy) is 2. The lowest BCUT2D eigenvalue weighted by molar-refractivity contribution is -0.122. The SMILES string of the molecule is COc1cc(/C=N/NC(=O)CN2CCN(C)CC2)cc(OC)c1. The Hall–Kier alpha value is -2.12. The number of rotatable bonds is 6. The van der Waals surface area contributed by atoms with Crippen molar-refractivity contribution in [3.8, 4) is 11.5 Å². The highest BCUT2D eigenvalue weighted by Gasteiger charge is 2.15. The van der Waals surface area contributed by atoms with E-state index in [9.17, 15) is 4.79 Å². The number of hydrogen-bond acceptors (Lipinski definition) is 6. The predicted molar refractivity (Wildman–Crippen MR) is 89.2 cm³/mol. The van der Waals surface area contributed by atoms with Gasteiger partial charge >= 0.3 is 0 Å². The summed E-state index contributed by atoms with van der Waals surface area (Å²) in [6, 6.07) is 5.42. The summed E-state index contributed by atoms with van der Waals surface area (Å²) in [7, 11) is 5.27. The van der Waals surface area contributed by atoms with Crippen molar-refractivity contribution in [1.29, 1.82) is 0 Å². The van der Waals surface area contributed by atoms with Crippen LogP contribution >= 0.6 is 0 Å². The Balaban J connectivity index is 1.84. The molecule has 1 N–H and O–H groups in total. The number of nitrogens with one attached hydrogen (secondary N) is 1. The van der Waals surface area contributed by atoms with E-state index in [1.165, 1.54) is 0 Å². The first-order valence-corrected chi connectivity index (χ1v) is 7.56. The predicted octanol–water partition coefficient (Wildman–Crippen LogP) is 0.401. The Labute approximate surface area is 136 Å². The number of amides is 1. The maximum absolute atomic E-state index is 11.9. The second kappa shape index (κ2) is 8.50. The van der Waals surface area contributed by atoms with Gasteiger partial charge in [0, 0.05) is 37.8 Å². The van der Waals surface area contributed by atoms with E-state index in [4.69, 9.17) is 9.47 Å². The van der Waals surface area contributed by atoms with Gasteiger partial charge in [-0.25, -0.2) is 5.43 Å². The van der Waals surface area contributed by atoms with Crippen molar-refractivity contribution < 1.29 is 14.3 Å². The molecule has 1 saturated heterocycles. The van der Waals surface area contributed by atoms with Gasteiger partial charge in [0.05, 0.1) is 27.0 Å². The standard InChI is InChI=1S/C16H24N4O3/c1-19-4-6-20(7-5-19)12-16(21)18-17-11-13-8-14(22-2)10-15(9-13)23-3/h8-11H,4-7,12H2,1-3H3,(H,18,21)/b17-11+. The first kappa shape index (κ1) is 17.2. The van der Waals surface area contributed by atoms with Crippen molar-refractivity contribution in [2.24, 2.45) is 5.10 Å². The van der Waals surface area contributed by atoms with E-state index in [0.717, 1.165) is 31.7 Å². The molecular weight excluding hydrogens is 296 g/mol. The third-order valence-electron chi connectivity index (χ3n) is 3.74. The highest BCUT2D eigenvalue weighted by atomic mass is 16.5. The van der Waals surface area contributed by atoms with Crippen LogP contribution in [0.5, 0.6) is 11.5 Å². The normalized spacial score (nSPS) is 16.5. The van der Waals surface area contributed by atoms with Gasteiger partial charge in [-0.3, -0.25) is 9.69 Å². The number of carbonyl (C=O) groups excluding carboxylic acids is 1. The van der Waals surface area contributed by atoms with Crippen LogP contribution in [0.1, 0.15) is 5.56 Å². The summed E-state index contributed by atoms with van der Waals surface area (Å²) in [4.78, 5) is 16.3. The number of nitrogens with zero attached hydrogens (tertiary/aromatic N) is 3. The second-order valence-corrected chi connectivity index (χ2v) is 5.52. The van der Waals surface area contributed by atoms with Crippen molar-refractivity contribution >= 4 is 12.1 Å². The molecule has 0 saturated carbocycles. The molecule has 1 aromatic rings. The largest absolute Gasteiger partial charge is 0.497 e. The third-order valence-corrected chi connectivity index (χ3v) is 3.74. The van der Waals surface area contributed by atoms with Gasteiger partial charge in [0.25, 0.3) is 5.91 Å². The minimum Gasteiger partial charge on any atom is -0.497 e. The molecule has 0 spiro atoms. The number of carbonyl (C=O) groups is 1. The molecule has 7 nitrogen and oxygen atoms in total. The van der Waals surface area contributed by atoms with Crippen LogP contribution in [0.15, 0.2) is 23.3 Å². The fourth-order valence-corrected chi connectivity index (χ4v) is 2.33. The van der Waals surface area contributed by atoms with Crippen LogP contribution in [0.25, 0.3) is 0 Å². The number of piperazine rings is 1. The van der Waals surface area contributed by atoms with E-state index in [-0.39, 0.29) is 5.91 Å². The summed E-state index contributed by atoms with van der Waals surface area (Å²) in [5, 5.41) is 4.00. The molecule has 0 atom stereocenters. The van der Waals surface area contributed by atoms with Gasteiger partial charge in [-0.1, -0.05) is 0 Å². The summed E-state index contributed by atoms with van der Waals surface area (Å²) < 4.78 is 10.4. The summed E-state index contributed by atoms with van der Waals surface area (Å²) in [6.07, 6.45) is 1.58. The fourth-order valence-electron chi connectivity index (χ4n) is 2.33. The fraction of sp³-hybridized carbons (Fsp3) is 0.500. The zero-order valence-corrected chi connectivity index (χ0v) is 13.9. The molecule has 126 valence electrons. The van der Waals surface area contributed by atoms with Gasteiger partial charge in [0.2, 0.25) is 0 Å². The van der Waals surface area contributed by atoms with Gasteiger partial charge < -0.3 is 14.4 Å². The van der Waals surface area contributed by atoms with E-state index in [2.05, 4.69) is 27.4 Å². The number of hydrazone groups is 1. The van der Waals surface area contributed by atoms with Crippen LogP contribution in [-0.4, -0.2) is 75.9 Å². The van der Waals surface area contributed by atoms with Gasteiger partial charge in [-0.15, -0.1) is 0 Å². The Morgan fingerprint density at radius 3 is 2.35 bits per heavy atom. The van der Waals surface area contributed by atoms with Gasteiger partial charge in [0.1, 0.15) is 11.5 Å². The minimum atomic E-state index is -0.110. The maximum atomic E-state index is 11.9. The second-order valence-electron chi connectivity index (χ2n) is 5.52. The Morgan fingerprint density at radius 2 is 1.78 bits per heavy atom. The van der Waals surface area contributed by atoms with Crippen molar-refractivity contribution in [3.05, 3.63) is 23.8 Å². The van der Waals surface area contributed by atoms with E-state index in [1.54, 1.807) is 26.5 Å². The molecule has 7 heteroatoms. The average Bonchev–Trinajstić information content (AvgIpc) is 2.56. The lowest BCUT2D eigenvalue weighted by Crippen LogP contribution is -2.47. The minimum absolute atomic E-state index is 0.110. The summed E-state index contributed by atoms with van der Waals surface area (Å²) in [5.74, 6) is 1.24. The van der Waals surface area contributed by atoms with E-state index >= 15 is 0 Å². The van der Waals surface area contributed by atoms with Crippen molar-refractivity contribution in [3.63, 3.8) is 0 Å². The summed E-state index contributed by atoms with van der Waals surface area (Å²) in [5.41, 5.74) is 3.35. The molecule has 0 aliphatic carbocycles. The van der Waals surface area contributed by atoms with Crippen LogP contribution in [0.2, 0.25) is 0 Å². The highest BCUT2D eigenvalue weighted by Crippen LogP contribution is 2.21. The molecule has 0 unspecified atom stereocenters. The molecule has 1 heterocycles. The molecule has 0 bridgehead atoms.